The Hall–Kier alpha value is -2.44. The molecular weight excluding hydrogens is 328 g/mol. The largest absolute Gasteiger partial charge is 0.333 e. The maximum Gasteiger partial charge on any atom is 0.315 e. The molecule has 0 radical (unpaired) electrons. The van der Waals surface area contributed by atoms with Gasteiger partial charge in [0.1, 0.15) is 5.69 Å². The number of carbonyl (C=O) groups excluding carboxylic acids is 1. The Bertz CT molecular complexity index is 766. The van der Waals surface area contributed by atoms with Crippen molar-refractivity contribution < 1.29 is 4.79 Å². The minimum atomic E-state index is -0.0783. The van der Waals surface area contributed by atoms with Crippen LogP contribution < -0.4 is 10.6 Å². The van der Waals surface area contributed by atoms with Crippen molar-refractivity contribution in [3.8, 4) is 5.69 Å². The molecule has 4 aliphatic carbocycles. The highest BCUT2D eigenvalue weighted by molar-refractivity contribution is 5.74. The first-order valence-corrected chi connectivity index (χ1v) is 9.55. The zero-order chi connectivity index (χ0) is 17.6. The lowest BCUT2D eigenvalue weighted by Crippen LogP contribution is -2.61. The van der Waals surface area contributed by atoms with Crippen molar-refractivity contribution in [1.82, 2.24) is 30.6 Å². The standard InChI is InChI=1S/C19H24N6O/c26-18(22-19-8-13-5-14(9-19)7-15(6-13)10-19)21-11-16-12-25(24-23-16)17-1-3-20-4-2-17/h1-4,12-15H,5-11H2,(H2,21,22,26). The van der Waals surface area contributed by atoms with Crippen molar-refractivity contribution in [2.24, 2.45) is 17.8 Å². The van der Waals surface area contributed by atoms with E-state index in [4.69, 9.17) is 0 Å². The highest BCUT2D eigenvalue weighted by atomic mass is 16.2. The van der Waals surface area contributed by atoms with E-state index in [0.717, 1.165) is 48.4 Å². The molecular formula is C19H24N6O. The SMILES string of the molecule is O=C(NCc1cn(-c2ccncc2)nn1)NC12CC3CC(CC(C3)C1)C2. The first-order valence-electron chi connectivity index (χ1n) is 9.55. The van der Waals surface area contributed by atoms with Gasteiger partial charge in [0.05, 0.1) is 18.4 Å². The Labute approximate surface area is 152 Å². The molecule has 0 atom stereocenters. The molecule has 0 saturated heterocycles. The van der Waals surface area contributed by atoms with E-state index in [9.17, 15) is 4.79 Å². The summed E-state index contributed by atoms with van der Waals surface area (Å²) in [5.41, 5.74) is 1.67. The predicted molar refractivity (Wildman–Crippen MR) is 95.4 cm³/mol. The second-order valence-corrected chi connectivity index (χ2v) is 8.37. The van der Waals surface area contributed by atoms with Crippen LogP contribution >= 0.6 is 0 Å². The lowest BCUT2D eigenvalue weighted by molar-refractivity contribution is -0.0135. The number of hydrogen-bond donors (Lipinski definition) is 2. The molecule has 2 N–H and O–H groups in total. The van der Waals surface area contributed by atoms with Crippen molar-refractivity contribution in [2.45, 2.75) is 50.6 Å². The summed E-state index contributed by atoms with van der Waals surface area (Å²) in [5.74, 6) is 2.46. The molecule has 7 nitrogen and oxygen atoms in total. The van der Waals surface area contributed by atoms with Crippen LogP contribution in [-0.4, -0.2) is 31.5 Å². The van der Waals surface area contributed by atoms with Crippen LogP contribution in [0.15, 0.2) is 30.7 Å². The fraction of sp³-hybridized carbons (Fsp3) is 0.579. The number of carbonyl (C=O) groups is 1. The van der Waals surface area contributed by atoms with Crippen molar-refractivity contribution in [1.29, 1.82) is 0 Å². The van der Waals surface area contributed by atoms with E-state index in [1.165, 1.54) is 19.3 Å². The zero-order valence-corrected chi connectivity index (χ0v) is 14.8. The van der Waals surface area contributed by atoms with Crippen LogP contribution in [0.2, 0.25) is 0 Å². The first-order chi connectivity index (χ1) is 12.7. The summed E-state index contributed by atoms with van der Waals surface area (Å²) in [6.45, 7) is 0.378. The lowest BCUT2D eigenvalue weighted by atomic mass is 9.53. The number of aromatic nitrogens is 4. The van der Waals surface area contributed by atoms with Crippen LogP contribution in [0.3, 0.4) is 0 Å². The maximum atomic E-state index is 12.5. The van der Waals surface area contributed by atoms with E-state index in [1.807, 2.05) is 18.3 Å². The van der Waals surface area contributed by atoms with Crippen LogP contribution in [0.4, 0.5) is 4.79 Å². The minimum Gasteiger partial charge on any atom is -0.333 e. The van der Waals surface area contributed by atoms with Crippen LogP contribution in [-0.2, 0) is 6.54 Å². The molecule has 6 rings (SSSR count). The van der Waals surface area contributed by atoms with Crippen LogP contribution in [0.5, 0.6) is 0 Å². The van der Waals surface area contributed by atoms with Gasteiger partial charge in [-0.15, -0.1) is 5.10 Å². The van der Waals surface area contributed by atoms with Crippen molar-refractivity contribution in [2.75, 3.05) is 0 Å². The number of amides is 2. The Kier molecular flexibility index (Phi) is 3.69. The number of rotatable bonds is 4. The first kappa shape index (κ1) is 15.8. The highest BCUT2D eigenvalue weighted by Gasteiger charge is 2.51. The molecule has 0 aliphatic heterocycles. The Balaban J connectivity index is 1.19. The number of hydrogen-bond acceptors (Lipinski definition) is 4. The van der Waals surface area contributed by atoms with E-state index in [-0.39, 0.29) is 11.6 Å². The molecule has 2 aromatic rings. The summed E-state index contributed by atoms with van der Waals surface area (Å²) in [5, 5.41) is 14.5. The van der Waals surface area contributed by atoms with E-state index in [1.54, 1.807) is 17.1 Å². The van der Waals surface area contributed by atoms with Gasteiger partial charge in [-0.2, -0.15) is 0 Å². The van der Waals surface area contributed by atoms with Gasteiger partial charge in [-0.3, -0.25) is 4.98 Å². The Morgan fingerprint density at radius 2 is 1.77 bits per heavy atom. The van der Waals surface area contributed by atoms with E-state index < -0.39 is 0 Å². The topological polar surface area (TPSA) is 84.7 Å². The summed E-state index contributed by atoms with van der Waals surface area (Å²) in [4.78, 5) is 16.5. The lowest BCUT2D eigenvalue weighted by Gasteiger charge is -2.56. The van der Waals surface area contributed by atoms with Gasteiger partial charge in [0, 0.05) is 17.9 Å². The molecule has 2 heterocycles. The summed E-state index contributed by atoms with van der Waals surface area (Å²) in [6.07, 6.45) is 12.9. The van der Waals surface area contributed by atoms with E-state index >= 15 is 0 Å². The van der Waals surface area contributed by atoms with Crippen molar-refractivity contribution >= 4 is 6.03 Å². The molecule has 7 heteroatoms. The number of urea groups is 1. The summed E-state index contributed by atoms with van der Waals surface area (Å²) in [7, 11) is 0. The highest BCUT2D eigenvalue weighted by Crippen LogP contribution is 2.55. The molecule has 4 fully saturated rings. The fourth-order valence-electron chi connectivity index (χ4n) is 5.72. The van der Waals surface area contributed by atoms with Crippen LogP contribution in [0, 0.1) is 17.8 Å². The van der Waals surface area contributed by atoms with Gasteiger partial charge in [0.25, 0.3) is 0 Å². The summed E-state index contributed by atoms with van der Waals surface area (Å²) < 4.78 is 1.69. The third kappa shape index (κ3) is 2.95. The smallest absolute Gasteiger partial charge is 0.315 e. The molecule has 4 bridgehead atoms. The van der Waals surface area contributed by atoms with Gasteiger partial charge < -0.3 is 10.6 Å². The normalized spacial score (nSPS) is 31.8. The molecule has 2 aromatic heterocycles. The Morgan fingerprint density at radius 1 is 1.12 bits per heavy atom. The molecule has 0 unspecified atom stereocenters. The third-order valence-corrected chi connectivity index (χ3v) is 6.32. The number of nitrogens with one attached hydrogen (secondary N) is 2. The second-order valence-electron chi connectivity index (χ2n) is 8.37. The van der Waals surface area contributed by atoms with Gasteiger partial charge in [-0.1, -0.05) is 5.21 Å². The summed E-state index contributed by atoms with van der Waals surface area (Å²) in [6, 6.07) is 3.66. The molecule has 136 valence electrons. The number of pyridine rings is 1. The third-order valence-electron chi connectivity index (χ3n) is 6.32. The van der Waals surface area contributed by atoms with Gasteiger partial charge in [0.15, 0.2) is 0 Å². The minimum absolute atomic E-state index is 0.0352. The predicted octanol–water partition coefficient (Wildman–Crippen LogP) is 2.43. The summed E-state index contributed by atoms with van der Waals surface area (Å²) >= 11 is 0. The molecule has 0 spiro atoms. The second kappa shape index (κ2) is 6.07. The van der Waals surface area contributed by atoms with Gasteiger partial charge >= 0.3 is 6.03 Å². The monoisotopic (exact) mass is 352 g/mol. The quantitative estimate of drug-likeness (QED) is 0.885. The van der Waals surface area contributed by atoms with Gasteiger partial charge in [-0.25, -0.2) is 9.48 Å². The molecule has 2 amide bonds. The van der Waals surface area contributed by atoms with Gasteiger partial charge in [0.2, 0.25) is 0 Å². The van der Waals surface area contributed by atoms with Crippen molar-refractivity contribution in [3.05, 3.63) is 36.4 Å². The fourth-order valence-corrected chi connectivity index (χ4v) is 5.72. The number of nitrogens with zero attached hydrogens (tertiary/aromatic N) is 4. The van der Waals surface area contributed by atoms with Gasteiger partial charge in [-0.05, 0) is 68.4 Å². The van der Waals surface area contributed by atoms with Crippen LogP contribution in [0.1, 0.15) is 44.2 Å². The molecule has 4 aliphatic rings. The molecule has 0 aromatic carbocycles. The maximum absolute atomic E-state index is 12.5. The van der Waals surface area contributed by atoms with Crippen LogP contribution in [0.25, 0.3) is 5.69 Å². The Morgan fingerprint density at radius 3 is 2.42 bits per heavy atom. The zero-order valence-electron chi connectivity index (χ0n) is 14.8. The van der Waals surface area contributed by atoms with E-state index in [2.05, 4.69) is 25.9 Å². The van der Waals surface area contributed by atoms with Crippen molar-refractivity contribution in [3.63, 3.8) is 0 Å². The average molecular weight is 352 g/mol. The average Bonchev–Trinajstić information content (AvgIpc) is 3.08. The molecule has 4 saturated carbocycles. The van der Waals surface area contributed by atoms with E-state index in [0.29, 0.717) is 6.54 Å². The molecule has 26 heavy (non-hydrogen) atoms.